The van der Waals surface area contributed by atoms with Crippen LogP contribution in [0, 0.1) is 0 Å². The molecule has 0 atom stereocenters. The van der Waals surface area contributed by atoms with Crippen LogP contribution < -0.4 is 0 Å². The van der Waals surface area contributed by atoms with Gasteiger partial charge in [0.2, 0.25) is 0 Å². The molecule has 0 N–H and O–H groups in total. The maximum Gasteiger partial charge on any atom is 0.358 e. The highest BCUT2D eigenvalue weighted by atomic mass is 32.2. The highest BCUT2D eigenvalue weighted by Crippen LogP contribution is 2.11. The van der Waals surface area contributed by atoms with Crippen LogP contribution in [-0.2, 0) is 14.4 Å². The lowest BCUT2D eigenvalue weighted by Crippen LogP contribution is -2.02. The van der Waals surface area contributed by atoms with Gasteiger partial charge < -0.3 is 4.42 Å². The van der Waals surface area contributed by atoms with Gasteiger partial charge in [-0.1, -0.05) is 23.4 Å². The molecule has 0 saturated carbocycles. The molecule has 0 aliphatic heterocycles. The first-order valence-electron chi connectivity index (χ1n) is 4.74. The van der Waals surface area contributed by atoms with Gasteiger partial charge in [-0.3, -0.25) is 4.28 Å². The second-order valence-corrected chi connectivity index (χ2v) is 4.62. The van der Waals surface area contributed by atoms with Crippen LogP contribution in [0.5, 0.6) is 0 Å². The van der Waals surface area contributed by atoms with Crippen molar-refractivity contribution in [1.29, 1.82) is 0 Å². The van der Waals surface area contributed by atoms with Crippen molar-refractivity contribution in [3.05, 3.63) is 54.5 Å². The van der Waals surface area contributed by atoms with E-state index < -0.39 is 10.1 Å². The summed E-state index contributed by atoms with van der Waals surface area (Å²) in [6.45, 7) is 0. The molecule has 2 aromatic rings. The normalized spacial score (nSPS) is 11.8. The molecule has 5 nitrogen and oxygen atoms in total. The fourth-order valence-electron chi connectivity index (χ4n) is 1.13. The van der Waals surface area contributed by atoms with Crippen molar-refractivity contribution in [1.82, 2.24) is 0 Å². The Bertz CT molecular complexity index is 588. The number of hydrogen-bond acceptors (Lipinski definition) is 5. The van der Waals surface area contributed by atoms with E-state index in [1.54, 1.807) is 30.3 Å². The summed E-state index contributed by atoms with van der Waals surface area (Å²) in [4.78, 5) is 0.0524. The minimum absolute atomic E-state index is 0.0524. The molecule has 1 aromatic carbocycles. The van der Waals surface area contributed by atoms with Crippen LogP contribution in [-0.4, -0.2) is 14.6 Å². The van der Waals surface area contributed by atoms with Crippen LogP contribution in [0.15, 0.2) is 63.2 Å². The summed E-state index contributed by atoms with van der Waals surface area (Å²) in [6, 6.07) is 11.1. The average Bonchev–Trinajstić information content (AvgIpc) is 2.83. The van der Waals surface area contributed by atoms with Crippen LogP contribution in [0.4, 0.5) is 0 Å². The first kappa shape index (κ1) is 11.4. The van der Waals surface area contributed by atoms with Gasteiger partial charge in [-0.25, -0.2) is 0 Å². The van der Waals surface area contributed by atoms with E-state index >= 15 is 0 Å². The largest absolute Gasteiger partial charge is 0.463 e. The molecular formula is C11H9NO4S. The van der Waals surface area contributed by atoms with Crippen LogP contribution >= 0.6 is 0 Å². The van der Waals surface area contributed by atoms with Crippen LogP contribution in [0.1, 0.15) is 5.76 Å². The molecule has 0 aliphatic rings. The van der Waals surface area contributed by atoms with E-state index in [-0.39, 0.29) is 4.90 Å². The Morgan fingerprint density at radius 2 is 1.88 bits per heavy atom. The van der Waals surface area contributed by atoms with E-state index in [1.165, 1.54) is 24.6 Å². The SMILES string of the molecule is O=S(=O)(O/N=C/c1ccco1)c1ccccc1. The second kappa shape index (κ2) is 4.84. The van der Waals surface area contributed by atoms with Gasteiger partial charge in [-0.2, -0.15) is 8.42 Å². The van der Waals surface area contributed by atoms with Gasteiger partial charge in [0, 0.05) is 0 Å². The quantitative estimate of drug-likeness (QED) is 0.615. The lowest BCUT2D eigenvalue weighted by atomic mass is 10.4. The monoisotopic (exact) mass is 251 g/mol. The fourth-order valence-corrected chi connectivity index (χ4v) is 1.86. The van der Waals surface area contributed by atoms with Gasteiger partial charge >= 0.3 is 10.1 Å². The molecule has 0 fully saturated rings. The minimum atomic E-state index is -3.85. The van der Waals surface area contributed by atoms with E-state index in [2.05, 4.69) is 9.44 Å². The predicted molar refractivity (Wildman–Crippen MR) is 61.0 cm³/mol. The van der Waals surface area contributed by atoms with E-state index in [4.69, 9.17) is 4.42 Å². The standard InChI is InChI=1S/C11H9NO4S/c13-17(14,11-6-2-1-3-7-11)16-12-9-10-5-4-8-15-10/h1-9H/b12-9+. The van der Waals surface area contributed by atoms with Gasteiger partial charge in [0.25, 0.3) is 0 Å². The van der Waals surface area contributed by atoms with Gasteiger partial charge in [0.1, 0.15) is 16.9 Å². The zero-order valence-corrected chi connectivity index (χ0v) is 9.50. The molecule has 1 aromatic heterocycles. The summed E-state index contributed by atoms with van der Waals surface area (Å²) in [5.74, 6) is 0.410. The summed E-state index contributed by atoms with van der Waals surface area (Å²) in [5.41, 5.74) is 0. The lowest BCUT2D eigenvalue weighted by Gasteiger charge is -1.99. The molecule has 2 rings (SSSR count). The molecule has 6 heteroatoms. The van der Waals surface area contributed by atoms with Gasteiger partial charge in [-0.15, -0.1) is 0 Å². The number of hydrogen-bond donors (Lipinski definition) is 0. The third-order valence-electron chi connectivity index (χ3n) is 1.90. The number of nitrogens with zero attached hydrogens (tertiary/aromatic N) is 1. The summed E-state index contributed by atoms with van der Waals surface area (Å²) < 4.78 is 32.6. The zero-order valence-electron chi connectivity index (χ0n) is 8.68. The first-order chi connectivity index (χ1) is 8.18. The Balaban J connectivity index is 2.09. The number of oxime groups is 1. The molecule has 0 spiro atoms. The maximum absolute atomic E-state index is 11.6. The molecule has 0 unspecified atom stereocenters. The second-order valence-electron chi connectivity index (χ2n) is 3.09. The summed E-state index contributed by atoms with van der Waals surface area (Å²) in [7, 11) is -3.85. The van der Waals surface area contributed by atoms with Crippen LogP contribution in [0.3, 0.4) is 0 Å². The summed E-state index contributed by atoms with van der Waals surface area (Å²) in [5, 5.41) is 3.36. The molecule has 1 heterocycles. The molecule has 88 valence electrons. The molecule has 0 saturated heterocycles. The predicted octanol–water partition coefficient (Wildman–Crippen LogP) is 2.02. The van der Waals surface area contributed by atoms with Gasteiger partial charge in [0.15, 0.2) is 0 Å². The Labute approximate surface area is 98.4 Å². The zero-order chi connectivity index (χ0) is 12.1. The topological polar surface area (TPSA) is 68.9 Å². The third kappa shape index (κ3) is 2.94. The van der Waals surface area contributed by atoms with Crippen molar-refractivity contribution in [2.45, 2.75) is 4.90 Å². The Kier molecular flexibility index (Phi) is 3.24. The van der Waals surface area contributed by atoms with E-state index in [0.717, 1.165) is 0 Å². The Morgan fingerprint density at radius 1 is 1.12 bits per heavy atom. The van der Waals surface area contributed by atoms with Gasteiger partial charge in [0.05, 0.1) is 6.26 Å². The van der Waals surface area contributed by atoms with Gasteiger partial charge in [-0.05, 0) is 24.3 Å². The Hall–Kier alpha value is -2.08. The Morgan fingerprint density at radius 3 is 2.53 bits per heavy atom. The van der Waals surface area contributed by atoms with Crippen LogP contribution in [0.2, 0.25) is 0 Å². The molecule has 0 aliphatic carbocycles. The molecular weight excluding hydrogens is 242 g/mol. The van der Waals surface area contributed by atoms with E-state index in [9.17, 15) is 8.42 Å². The molecule has 0 amide bonds. The highest BCUT2D eigenvalue weighted by Gasteiger charge is 2.14. The smallest absolute Gasteiger partial charge is 0.358 e. The van der Waals surface area contributed by atoms with Crippen molar-refractivity contribution < 1.29 is 17.1 Å². The van der Waals surface area contributed by atoms with E-state index in [0.29, 0.717) is 5.76 Å². The average molecular weight is 251 g/mol. The lowest BCUT2D eigenvalue weighted by molar-refractivity contribution is 0.340. The number of furan rings is 1. The molecule has 17 heavy (non-hydrogen) atoms. The summed E-state index contributed by atoms with van der Waals surface area (Å²) >= 11 is 0. The third-order valence-corrected chi connectivity index (χ3v) is 3.03. The summed E-state index contributed by atoms with van der Waals surface area (Å²) in [6.07, 6.45) is 2.63. The minimum Gasteiger partial charge on any atom is -0.463 e. The van der Waals surface area contributed by atoms with E-state index in [1.807, 2.05) is 0 Å². The van der Waals surface area contributed by atoms with Crippen LogP contribution in [0.25, 0.3) is 0 Å². The van der Waals surface area contributed by atoms with Crippen molar-refractivity contribution in [2.24, 2.45) is 5.16 Å². The highest BCUT2D eigenvalue weighted by molar-refractivity contribution is 7.86. The first-order valence-corrected chi connectivity index (χ1v) is 6.15. The molecule has 0 bridgehead atoms. The fraction of sp³-hybridized carbons (Fsp3) is 0. The number of benzene rings is 1. The maximum atomic E-state index is 11.6. The van der Waals surface area contributed by atoms with Crippen molar-refractivity contribution >= 4 is 16.3 Å². The van der Waals surface area contributed by atoms with Crippen molar-refractivity contribution in [2.75, 3.05) is 0 Å². The van der Waals surface area contributed by atoms with Crippen molar-refractivity contribution in [3.8, 4) is 0 Å². The molecule has 0 radical (unpaired) electrons. The van der Waals surface area contributed by atoms with Crippen molar-refractivity contribution in [3.63, 3.8) is 0 Å². The number of rotatable bonds is 4.